The average molecular weight is 242 g/mol. The summed E-state index contributed by atoms with van der Waals surface area (Å²) in [7, 11) is 1.80. The van der Waals surface area contributed by atoms with Gasteiger partial charge in [0.15, 0.2) is 5.72 Å². The molecule has 1 aliphatic carbocycles. The van der Waals surface area contributed by atoms with E-state index in [0.717, 1.165) is 36.3 Å². The van der Waals surface area contributed by atoms with Crippen molar-refractivity contribution >= 4 is 11.7 Å². The van der Waals surface area contributed by atoms with Crippen LogP contribution in [0.1, 0.15) is 24.8 Å². The van der Waals surface area contributed by atoms with E-state index in [1.165, 1.54) is 0 Å². The van der Waals surface area contributed by atoms with E-state index in [4.69, 9.17) is 4.74 Å². The van der Waals surface area contributed by atoms with Gasteiger partial charge in [0.2, 0.25) is 0 Å². The number of carbonyl (C=O) groups is 1. The molecule has 2 atom stereocenters. The van der Waals surface area contributed by atoms with Gasteiger partial charge in [-0.3, -0.25) is 4.90 Å². The quantitative estimate of drug-likeness (QED) is 0.701. The molecule has 1 fully saturated rings. The minimum Gasteiger partial charge on any atom is -0.466 e. The second-order valence-corrected chi connectivity index (χ2v) is 5.23. The van der Waals surface area contributed by atoms with Crippen molar-refractivity contribution in [1.82, 2.24) is 4.90 Å². The Morgan fingerprint density at radius 1 is 1.44 bits per heavy atom. The predicted octanol–water partition coefficient (Wildman–Crippen LogP) is 2.43. The van der Waals surface area contributed by atoms with E-state index < -0.39 is 5.72 Å². The number of fused-ring (bicyclic) bond motifs is 2. The van der Waals surface area contributed by atoms with Crippen LogP contribution in [0, 0.1) is 5.92 Å². The lowest BCUT2D eigenvalue weighted by Crippen LogP contribution is -2.62. The molecule has 92 valence electrons. The lowest BCUT2D eigenvalue weighted by Gasteiger charge is -2.48. The largest absolute Gasteiger partial charge is 0.466 e. The minimum atomic E-state index is -0.484. The number of carbonyl (C=O) groups excluding carboxylic acids is 1. The molecule has 0 aromatic heterocycles. The summed E-state index contributed by atoms with van der Waals surface area (Å²) in [6.07, 6.45) is 3.02. The maximum Gasteiger partial charge on any atom is 0.346 e. The van der Waals surface area contributed by atoms with E-state index in [-0.39, 0.29) is 11.9 Å². The summed E-state index contributed by atoms with van der Waals surface area (Å²) in [4.78, 5) is 18.0. The molecule has 2 unspecified atom stereocenters. The second kappa shape index (κ2) is 3.13. The third-order valence-electron chi connectivity index (χ3n) is 4.42. The number of rotatable bonds is 0. The van der Waals surface area contributed by atoms with Crippen molar-refractivity contribution in [2.75, 3.05) is 7.05 Å². The van der Waals surface area contributed by atoms with Crippen molar-refractivity contribution in [2.45, 2.75) is 25.0 Å². The van der Waals surface area contributed by atoms with Crippen LogP contribution in [-0.4, -0.2) is 29.4 Å². The molecule has 0 spiro atoms. The van der Waals surface area contributed by atoms with Crippen LogP contribution in [0.4, 0.5) is 4.79 Å². The fraction of sp³-hybridized carbons (Fsp3) is 0.429. The summed E-state index contributed by atoms with van der Waals surface area (Å²) < 4.78 is 6.22. The van der Waals surface area contributed by atoms with Crippen LogP contribution in [0.2, 0.25) is 0 Å². The van der Waals surface area contributed by atoms with Crippen molar-refractivity contribution in [2.24, 2.45) is 10.9 Å². The van der Waals surface area contributed by atoms with Gasteiger partial charge in [-0.15, -0.1) is 0 Å². The summed E-state index contributed by atoms with van der Waals surface area (Å²) in [5.41, 5.74) is 1.43. The first-order valence-electron chi connectivity index (χ1n) is 6.37. The fourth-order valence-electron chi connectivity index (χ4n) is 3.53. The lowest BCUT2D eigenvalue weighted by molar-refractivity contribution is -0.0648. The second-order valence-electron chi connectivity index (χ2n) is 5.23. The topological polar surface area (TPSA) is 41.9 Å². The molecule has 0 saturated heterocycles. The van der Waals surface area contributed by atoms with E-state index in [1.807, 2.05) is 24.3 Å². The summed E-state index contributed by atoms with van der Waals surface area (Å²) in [6, 6.07) is 7.70. The molecule has 2 amide bonds. The Bertz CT molecular complexity index is 581. The summed E-state index contributed by atoms with van der Waals surface area (Å²) >= 11 is 0. The Morgan fingerprint density at radius 3 is 3.17 bits per heavy atom. The number of ether oxygens (including phenoxy) is 1. The molecular formula is C14H14N2O2. The lowest BCUT2D eigenvalue weighted by atomic mass is 9.84. The van der Waals surface area contributed by atoms with Crippen LogP contribution < -0.4 is 4.74 Å². The molecule has 4 rings (SSSR count). The molecule has 4 heteroatoms. The Hall–Kier alpha value is -1.84. The van der Waals surface area contributed by atoms with Crippen LogP contribution in [0.25, 0.3) is 0 Å². The van der Waals surface area contributed by atoms with Crippen molar-refractivity contribution in [3.05, 3.63) is 29.8 Å². The molecule has 3 aliphatic rings. The SMILES string of the molecule is CN1C(=O)N=C2c3ccccc3OC13CCCC23. The monoisotopic (exact) mass is 242 g/mol. The molecule has 1 aromatic carbocycles. The highest BCUT2D eigenvalue weighted by Crippen LogP contribution is 2.50. The number of amides is 2. The highest BCUT2D eigenvalue weighted by atomic mass is 16.5. The van der Waals surface area contributed by atoms with Gasteiger partial charge in [-0.2, -0.15) is 4.99 Å². The molecule has 18 heavy (non-hydrogen) atoms. The normalized spacial score (nSPS) is 32.5. The number of aliphatic imine (C=N–C) groups is 1. The zero-order valence-electron chi connectivity index (χ0n) is 10.2. The van der Waals surface area contributed by atoms with Gasteiger partial charge in [-0.25, -0.2) is 4.79 Å². The van der Waals surface area contributed by atoms with Crippen LogP contribution in [0.15, 0.2) is 29.3 Å². The minimum absolute atomic E-state index is 0.183. The van der Waals surface area contributed by atoms with Gasteiger partial charge in [-0.1, -0.05) is 12.1 Å². The Balaban J connectivity index is 2.01. The first kappa shape index (κ1) is 10.1. The van der Waals surface area contributed by atoms with Crippen molar-refractivity contribution in [3.63, 3.8) is 0 Å². The van der Waals surface area contributed by atoms with Gasteiger partial charge < -0.3 is 4.74 Å². The molecule has 1 aromatic rings. The first-order valence-corrected chi connectivity index (χ1v) is 6.37. The summed E-state index contributed by atoms with van der Waals surface area (Å²) in [5, 5.41) is 0. The third kappa shape index (κ3) is 1.01. The van der Waals surface area contributed by atoms with Gasteiger partial charge in [0.05, 0.1) is 11.6 Å². The smallest absolute Gasteiger partial charge is 0.346 e. The van der Waals surface area contributed by atoms with Crippen molar-refractivity contribution in [1.29, 1.82) is 0 Å². The molecule has 1 saturated carbocycles. The van der Waals surface area contributed by atoms with Crippen LogP contribution in [-0.2, 0) is 0 Å². The molecule has 2 bridgehead atoms. The van der Waals surface area contributed by atoms with Crippen molar-refractivity contribution in [3.8, 4) is 5.75 Å². The molecule has 4 nitrogen and oxygen atoms in total. The number of hydrogen-bond acceptors (Lipinski definition) is 2. The maximum absolute atomic E-state index is 12.0. The number of para-hydroxylation sites is 1. The summed E-state index contributed by atoms with van der Waals surface area (Å²) in [5.74, 6) is 1.09. The van der Waals surface area contributed by atoms with E-state index in [9.17, 15) is 4.79 Å². The highest BCUT2D eigenvalue weighted by Gasteiger charge is 2.58. The number of urea groups is 1. The number of hydrogen-bond donors (Lipinski definition) is 0. The van der Waals surface area contributed by atoms with Gasteiger partial charge in [-0.05, 0) is 25.0 Å². The average Bonchev–Trinajstić information content (AvgIpc) is 2.81. The van der Waals surface area contributed by atoms with Gasteiger partial charge >= 0.3 is 6.03 Å². The number of benzene rings is 1. The van der Waals surface area contributed by atoms with Gasteiger partial charge in [0.25, 0.3) is 0 Å². The molecular weight excluding hydrogens is 228 g/mol. The predicted molar refractivity (Wildman–Crippen MR) is 66.8 cm³/mol. The zero-order valence-corrected chi connectivity index (χ0v) is 10.2. The van der Waals surface area contributed by atoms with Gasteiger partial charge in [0.1, 0.15) is 5.75 Å². The van der Waals surface area contributed by atoms with Gasteiger partial charge in [0, 0.05) is 19.0 Å². The van der Waals surface area contributed by atoms with E-state index in [2.05, 4.69) is 4.99 Å². The van der Waals surface area contributed by atoms with Crippen LogP contribution in [0.5, 0.6) is 5.75 Å². The molecule has 2 heterocycles. The molecule has 2 aliphatic heterocycles. The number of nitrogens with zero attached hydrogens (tertiary/aromatic N) is 2. The Morgan fingerprint density at radius 2 is 2.28 bits per heavy atom. The van der Waals surface area contributed by atoms with Crippen LogP contribution in [0.3, 0.4) is 0 Å². The Labute approximate surface area is 105 Å². The molecule has 0 N–H and O–H groups in total. The van der Waals surface area contributed by atoms with Crippen LogP contribution >= 0.6 is 0 Å². The first-order chi connectivity index (χ1) is 8.72. The van der Waals surface area contributed by atoms with E-state index in [0.29, 0.717) is 0 Å². The fourth-order valence-corrected chi connectivity index (χ4v) is 3.53. The van der Waals surface area contributed by atoms with E-state index >= 15 is 0 Å². The molecule has 0 radical (unpaired) electrons. The highest BCUT2D eigenvalue weighted by molar-refractivity contribution is 6.12. The van der Waals surface area contributed by atoms with Crippen molar-refractivity contribution < 1.29 is 9.53 Å². The van der Waals surface area contributed by atoms with E-state index in [1.54, 1.807) is 11.9 Å². The Kier molecular flexibility index (Phi) is 1.76. The maximum atomic E-state index is 12.0. The summed E-state index contributed by atoms with van der Waals surface area (Å²) in [6.45, 7) is 0. The third-order valence-corrected chi connectivity index (χ3v) is 4.42. The zero-order chi connectivity index (χ0) is 12.3. The standard InChI is InChI=1S/C14H14N2O2/c1-16-13(17)15-12-9-5-2-3-7-11(9)18-14(16)8-4-6-10(12)14/h2-3,5,7,10H,4,6,8H2,1H3.